The number of carbonyl (C=O) groups excluding carboxylic acids is 1. The maximum atomic E-state index is 12.1. The van der Waals surface area contributed by atoms with Crippen LogP contribution < -0.4 is 0 Å². The summed E-state index contributed by atoms with van der Waals surface area (Å²) in [6.07, 6.45) is 9.53. The van der Waals surface area contributed by atoms with Crippen molar-refractivity contribution in [2.75, 3.05) is 6.54 Å². The maximum absolute atomic E-state index is 12.1. The molecule has 15 heavy (non-hydrogen) atoms. The molecular formula is C13H17NO. The van der Waals surface area contributed by atoms with Gasteiger partial charge in [-0.15, -0.1) is 6.42 Å². The third kappa shape index (κ3) is 1.56. The van der Waals surface area contributed by atoms with Gasteiger partial charge >= 0.3 is 0 Å². The summed E-state index contributed by atoms with van der Waals surface area (Å²) in [6, 6.07) is 0. The third-order valence-corrected chi connectivity index (χ3v) is 3.75. The molecule has 2 aliphatic rings. The van der Waals surface area contributed by atoms with E-state index in [-0.39, 0.29) is 11.8 Å². The van der Waals surface area contributed by atoms with Crippen LogP contribution >= 0.6 is 0 Å². The summed E-state index contributed by atoms with van der Waals surface area (Å²) in [5.74, 6) is 3.94. The van der Waals surface area contributed by atoms with Gasteiger partial charge in [-0.2, -0.15) is 0 Å². The van der Waals surface area contributed by atoms with Crippen LogP contribution in [-0.2, 0) is 4.79 Å². The number of hydrogen-bond donors (Lipinski definition) is 0. The molecule has 2 nitrogen and oxygen atoms in total. The van der Waals surface area contributed by atoms with Gasteiger partial charge in [0.2, 0.25) is 5.91 Å². The van der Waals surface area contributed by atoms with E-state index in [1.54, 1.807) is 4.90 Å². The Morgan fingerprint density at radius 3 is 3.00 bits per heavy atom. The highest BCUT2D eigenvalue weighted by atomic mass is 16.2. The quantitative estimate of drug-likeness (QED) is 0.597. The summed E-state index contributed by atoms with van der Waals surface area (Å²) in [5.41, 5.74) is 1.32. The average molecular weight is 203 g/mol. The van der Waals surface area contributed by atoms with Crippen molar-refractivity contribution < 1.29 is 4.79 Å². The normalized spacial score (nSPS) is 34.7. The Hall–Kier alpha value is -1.23. The van der Waals surface area contributed by atoms with Crippen LogP contribution in [-0.4, -0.2) is 17.4 Å². The Labute approximate surface area is 91.3 Å². The van der Waals surface area contributed by atoms with Gasteiger partial charge in [0.1, 0.15) is 0 Å². The molecule has 0 aromatic rings. The van der Waals surface area contributed by atoms with Crippen LogP contribution in [0.4, 0.5) is 0 Å². The molecule has 2 heteroatoms. The molecule has 0 radical (unpaired) electrons. The molecular weight excluding hydrogens is 186 g/mol. The monoisotopic (exact) mass is 203 g/mol. The highest BCUT2D eigenvalue weighted by Gasteiger charge is 2.43. The fraction of sp³-hybridized carbons (Fsp3) is 0.615. The standard InChI is InChI=1S/C13H17NO/c1-4-7-14-8-10(3)11-6-5-9(2)12(11)13(14)15/h1,8-9,11-12H,5-7H2,2-3H3/t9-,11+,12+/m0/s1. The molecule has 1 aliphatic heterocycles. The number of nitrogens with zero attached hydrogens (tertiary/aromatic N) is 1. The third-order valence-electron chi connectivity index (χ3n) is 3.75. The SMILES string of the molecule is C#CCN1C=C(C)[C@H]2CC[C@H](C)[C@H]2C1=O. The van der Waals surface area contributed by atoms with Crippen LogP contribution in [0.25, 0.3) is 0 Å². The molecule has 1 fully saturated rings. The zero-order valence-electron chi connectivity index (χ0n) is 9.36. The Morgan fingerprint density at radius 2 is 2.33 bits per heavy atom. The van der Waals surface area contributed by atoms with Crippen molar-refractivity contribution >= 4 is 5.91 Å². The lowest BCUT2D eigenvalue weighted by Gasteiger charge is -2.33. The number of hydrogen-bond acceptors (Lipinski definition) is 1. The number of rotatable bonds is 1. The first-order valence-electron chi connectivity index (χ1n) is 5.57. The number of fused-ring (bicyclic) bond motifs is 1. The van der Waals surface area contributed by atoms with E-state index in [1.165, 1.54) is 5.57 Å². The van der Waals surface area contributed by atoms with Gasteiger partial charge in [0, 0.05) is 12.1 Å². The van der Waals surface area contributed by atoms with Gasteiger partial charge in [-0.25, -0.2) is 0 Å². The topological polar surface area (TPSA) is 20.3 Å². The lowest BCUT2D eigenvalue weighted by molar-refractivity contribution is -0.135. The minimum atomic E-state index is 0.184. The van der Waals surface area contributed by atoms with Crippen LogP contribution in [0.15, 0.2) is 11.8 Å². The number of allylic oxidation sites excluding steroid dienone is 1. The van der Waals surface area contributed by atoms with Crippen molar-refractivity contribution in [3.05, 3.63) is 11.8 Å². The molecule has 0 bridgehead atoms. The van der Waals surface area contributed by atoms with E-state index in [4.69, 9.17) is 6.42 Å². The van der Waals surface area contributed by atoms with Crippen LogP contribution in [0, 0.1) is 30.1 Å². The molecule has 1 heterocycles. The zero-order valence-corrected chi connectivity index (χ0v) is 9.36. The summed E-state index contributed by atoms with van der Waals surface area (Å²) in [7, 11) is 0. The Bertz CT molecular complexity index is 350. The zero-order chi connectivity index (χ0) is 11.0. The van der Waals surface area contributed by atoms with Gasteiger partial charge < -0.3 is 4.90 Å². The Morgan fingerprint density at radius 1 is 1.60 bits per heavy atom. The molecule has 0 spiro atoms. The van der Waals surface area contributed by atoms with Crippen molar-refractivity contribution in [2.24, 2.45) is 17.8 Å². The number of amides is 1. The van der Waals surface area contributed by atoms with Crippen LogP contribution in [0.5, 0.6) is 0 Å². The van der Waals surface area contributed by atoms with Crippen LogP contribution in [0.2, 0.25) is 0 Å². The molecule has 1 aliphatic carbocycles. The Kier molecular flexibility index (Phi) is 2.56. The second kappa shape index (κ2) is 3.73. The van der Waals surface area contributed by atoms with E-state index in [0.29, 0.717) is 18.4 Å². The van der Waals surface area contributed by atoms with Gasteiger partial charge in [0.15, 0.2) is 0 Å². The first-order valence-corrected chi connectivity index (χ1v) is 5.57. The number of carbonyl (C=O) groups is 1. The molecule has 1 amide bonds. The molecule has 0 N–H and O–H groups in total. The molecule has 0 aromatic heterocycles. The van der Waals surface area contributed by atoms with Gasteiger partial charge in [0.25, 0.3) is 0 Å². The minimum absolute atomic E-state index is 0.184. The number of terminal acetylenes is 1. The van der Waals surface area contributed by atoms with Crippen molar-refractivity contribution in [3.8, 4) is 12.3 Å². The summed E-state index contributed by atoms with van der Waals surface area (Å²) in [4.78, 5) is 13.8. The van der Waals surface area contributed by atoms with Crippen molar-refractivity contribution in [3.63, 3.8) is 0 Å². The predicted molar refractivity (Wildman–Crippen MR) is 59.7 cm³/mol. The van der Waals surface area contributed by atoms with Crippen LogP contribution in [0.3, 0.4) is 0 Å². The van der Waals surface area contributed by atoms with Crippen molar-refractivity contribution in [2.45, 2.75) is 26.7 Å². The fourth-order valence-electron chi connectivity index (χ4n) is 2.94. The first kappa shape index (κ1) is 10.3. The van der Waals surface area contributed by atoms with Gasteiger partial charge in [-0.05, 0) is 31.6 Å². The fourth-order valence-corrected chi connectivity index (χ4v) is 2.94. The highest BCUT2D eigenvalue weighted by molar-refractivity contribution is 5.82. The largest absolute Gasteiger partial charge is 0.307 e. The van der Waals surface area contributed by atoms with E-state index in [2.05, 4.69) is 19.8 Å². The van der Waals surface area contributed by atoms with E-state index in [1.807, 2.05) is 6.20 Å². The van der Waals surface area contributed by atoms with E-state index in [0.717, 1.165) is 12.8 Å². The molecule has 2 rings (SSSR count). The molecule has 80 valence electrons. The van der Waals surface area contributed by atoms with E-state index >= 15 is 0 Å². The summed E-state index contributed by atoms with van der Waals surface area (Å²) < 4.78 is 0. The average Bonchev–Trinajstić information content (AvgIpc) is 2.57. The first-order chi connectivity index (χ1) is 7.15. The lowest BCUT2D eigenvalue weighted by Crippen LogP contribution is -2.40. The maximum Gasteiger partial charge on any atom is 0.231 e. The van der Waals surface area contributed by atoms with Gasteiger partial charge in [-0.1, -0.05) is 18.4 Å². The van der Waals surface area contributed by atoms with Gasteiger partial charge in [-0.3, -0.25) is 4.79 Å². The molecule has 0 saturated heterocycles. The highest BCUT2D eigenvalue weighted by Crippen LogP contribution is 2.44. The smallest absolute Gasteiger partial charge is 0.231 e. The minimum Gasteiger partial charge on any atom is -0.307 e. The van der Waals surface area contributed by atoms with Crippen LogP contribution in [0.1, 0.15) is 26.7 Å². The molecule has 3 atom stereocenters. The van der Waals surface area contributed by atoms with Crippen molar-refractivity contribution in [1.82, 2.24) is 4.90 Å². The predicted octanol–water partition coefficient (Wildman–Crippen LogP) is 2.03. The Balaban J connectivity index is 2.29. The second-order valence-corrected chi connectivity index (χ2v) is 4.73. The van der Waals surface area contributed by atoms with E-state index in [9.17, 15) is 4.79 Å². The lowest BCUT2D eigenvalue weighted by atomic mass is 9.82. The molecule has 1 saturated carbocycles. The van der Waals surface area contributed by atoms with Gasteiger partial charge in [0.05, 0.1) is 6.54 Å². The van der Waals surface area contributed by atoms with E-state index < -0.39 is 0 Å². The molecule has 0 unspecified atom stereocenters. The second-order valence-electron chi connectivity index (χ2n) is 4.73. The summed E-state index contributed by atoms with van der Waals surface area (Å²) in [6.45, 7) is 4.70. The summed E-state index contributed by atoms with van der Waals surface area (Å²) in [5, 5.41) is 0. The summed E-state index contributed by atoms with van der Waals surface area (Å²) >= 11 is 0. The molecule has 0 aromatic carbocycles. The van der Waals surface area contributed by atoms with Crippen molar-refractivity contribution in [1.29, 1.82) is 0 Å².